The minimum atomic E-state index is -1.82. The van der Waals surface area contributed by atoms with Gasteiger partial charge in [-0.1, -0.05) is 0 Å². The Kier molecular flexibility index (Phi) is 18.4. The van der Waals surface area contributed by atoms with Gasteiger partial charge in [-0.15, -0.1) is 0 Å². The molecule has 0 radical (unpaired) electrons. The van der Waals surface area contributed by atoms with Crippen molar-refractivity contribution in [1.29, 1.82) is 0 Å². The topological polar surface area (TPSA) is 382 Å². The number of nitrogens with two attached hydrogens (primary N) is 1. The number of carbonyl (C=O) groups excluding carboxylic acids is 7. The quantitative estimate of drug-likeness (QED) is 0.0527. The lowest BCUT2D eigenvalue weighted by atomic mass is 10.1. The maximum atomic E-state index is 12.8. The first-order valence-electron chi connectivity index (χ1n) is 14.4. The lowest BCUT2D eigenvalue weighted by molar-refractivity contribution is -0.142. The van der Waals surface area contributed by atoms with Crippen molar-refractivity contribution in [2.75, 3.05) is 13.2 Å². The van der Waals surface area contributed by atoms with Gasteiger partial charge in [0.25, 0.3) is 0 Å². The lowest BCUT2D eigenvalue weighted by Gasteiger charge is -2.24. The van der Waals surface area contributed by atoms with Crippen LogP contribution in [-0.2, 0) is 47.9 Å². The van der Waals surface area contributed by atoms with Gasteiger partial charge in [-0.05, 0) is 27.7 Å². The molecule has 0 saturated heterocycles. The molecule has 0 aliphatic carbocycles. The van der Waals surface area contributed by atoms with E-state index in [0.29, 0.717) is 0 Å². The van der Waals surface area contributed by atoms with E-state index < -0.39 is 134 Å². The number of aliphatic hydroxyl groups is 2. The maximum Gasteiger partial charge on any atom is 0.325 e. The van der Waals surface area contributed by atoms with Crippen LogP contribution in [0.2, 0.25) is 0 Å². The van der Waals surface area contributed by atoms with Crippen molar-refractivity contribution < 1.29 is 73.5 Å². The number of aliphatic hydroxyl groups excluding tert-OH is 2. The molecule has 0 aliphatic rings. The van der Waals surface area contributed by atoms with Crippen molar-refractivity contribution in [3.8, 4) is 0 Å². The summed E-state index contributed by atoms with van der Waals surface area (Å²) in [7, 11) is 0. The first-order valence-corrected chi connectivity index (χ1v) is 14.4. The Morgan fingerprint density at radius 1 is 0.449 bits per heavy atom. The van der Waals surface area contributed by atoms with Gasteiger partial charge in [-0.2, -0.15) is 0 Å². The Balaban J connectivity index is 5.35. The van der Waals surface area contributed by atoms with Crippen LogP contribution in [0.1, 0.15) is 40.5 Å². The van der Waals surface area contributed by atoms with Crippen LogP contribution in [0.25, 0.3) is 0 Å². The van der Waals surface area contributed by atoms with E-state index in [-0.39, 0.29) is 0 Å². The summed E-state index contributed by atoms with van der Waals surface area (Å²) in [5, 5.41) is 60.5. The van der Waals surface area contributed by atoms with E-state index in [4.69, 9.17) is 15.9 Å². The molecule has 0 aromatic heterocycles. The Morgan fingerprint density at radius 3 is 1.08 bits per heavy atom. The number of aliphatic carboxylic acids is 3. The van der Waals surface area contributed by atoms with Crippen LogP contribution in [0.15, 0.2) is 0 Å². The standard InChI is InChI=1S/C26H42N8O15/c1-9(28-22(44)13(27)5-17(37)38)20(42)33-15(7-35)24(46)30-10(2)19(41)32-14(6-18(39)40)23(45)29-11(3)21(43)34-16(8-36)25(47)31-12(4)26(48)49/h9-16,35-36H,5-8,27H2,1-4H3,(H,28,44)(H,29,45)(H,30,46)(H,31,47)(H,32,41)(H,33,42)(H,34,43)(H,37,38)(H,39,40)(H,48,49). The number of carboxylic acid groups (broad SMARTS) is 3. The Hall–Kier alpha value is -5.42. The SMILES string of the molecule is CC(NC(=O)C(CO)NC(=O)C(C)NC(=O)C(CC(=O)O)NC(=O)C(C)NC(=O)C(CO)NC(=O)C(C)NC(=O)C(N)CC(=O)O)C(=O)O. The minimum absolute atomic E-state index is 0.729. The Bertz CT molecular complexity index is 1280. The molecule has 8 unspecified atom stereocenters. The van der Waals surface area contributed by atoms with Crippen LogP contribution in [0.5, 0.6) is 0 Å². The fourth-order valence-electron chi connectivity index (χ4n) is 3.46. The lowest BCUT2D eigenvalue weighted by Crippen LogP contribution is -2.60. The van der Waals surface area contributed by atoms with Gasteiger partial charge >= 0.3 is 17.9 Å². The molecule has 0 saturated carbocycles. The highest BCUT2D eigenvalue weighted by Gasteiger charge is 2.32. The van der Waals surface area contributed by atoms with Gasteiger partial charge < -0.3 is 68.5 Å². The molecule has 0 spiro atoms. The smallest absolute Gasteiger partial charge is 0.325 e. The molecule has 0 aliphatic heterocycles. The van der Waals surface area contributed by atoms with Crippen molar-refractivity contribution in [3.63, 3.8) is 0 Å². The molecule has 0 heterocycles. The van der Waals surface area contributed by atoms with Crippen molar-refractivity contribution >= 4 is 59.3 Å². The van der Waals surface area contributed by atoms with E-state index in [2.05, 4.69) is 31.9 Å². The van der Waals surface area contributed by atoms with E-state index in [9.17, 15) is 63.3 Å². The second-order valence-electron chi connectivity index (χ2n) is 10.6. The molecule has 0 aromatic carbocycles. The molecule has 0 fully saturated rings. The number of hydrogen-bond acceptors (Lipinski definition) is 13. The molecule has 23 heteroatoms. The predicted molar refractivity (Wildman–Crippen MR) is 160 cm³/mol. The summed E-state index contributed by atoms with van der Waals surface area (Å²) < 4.78 is 0. The monoisotopic (exact) mass is 706 g/mol. The zero-order valence-electron chi connectivity index (χ0n) is 26.8. The molecule has 23 nitrogen and oxygen atoms in total. The normalized spacial score (nSPS) is 15.6. The molecule has 8 atom stereocenters. The Morgan fingerprint density at radius 2 is 0.755 bits per heavy atom. The molecule has 0 rings (SSSR count). The van der Waals surface area contributed by atoms with Crippen molar-refractivity contribution in [2.24, 2.45) is 5.73 Å². The van der Waals surface area contributed by atoms with Gasteiger partial charge in [0, 0.05) is 0 Å². The van der Waals surface area contributed by atoms with Crippen molar-refractivity contribution in [2.45, 2.75) is 88.9 Å². The van der Waals surface area contributed by atoms with Crippen LogP contribution in [-0.4, -0.2) is 146 Å². The molecular weight excluding hydrogens is 664 g/mol. The number of hydrogen-bond donors (Lipinski definition) is 13. The van der Waals surface area contributed by atoms with Gasteiger partial charge in [0.15, 0.2) is 0 Å². The number of rotatable bonds is 21. The molecule has 14 N–H and O–H groups in total. The fraction of sp³-hybridized carbons (Fsp3) is 0.615. The van der Waals surface area contributed by atoms with Gasteiger partial charge in [-0.25, -0.2) is 0 Å². The second-order valence-corrected chi connectivity index (χ2v) is 10.6. The average molecular weight is 707 g/mol. The van der Waals surface area contributed by atoms with E-state index >= 15 is 0 Å². The molecule has 276 valence electrons. The summed E-state index contributed by atoms with van der Waals surface area (Å²) >= 11 is 0. The third-order valence-corrected chi connectivity index (χ3v) is 6.36. The van der Waals surface area contributed by atoms with E-state index in [1.807, 2.05) is 5.32 Å². The largest absolute Gasteiger partial charge is 0.481 e. The summed E-state index contributed by atoms with van der Waals surface area (Å²) in [4.78, 5) is 120. The number of nitrogens with one attached hydrogen (secondary N) is 7. The highest BCUT2D eigenvalue weighted by molar-refractivity contribution is 5.98. The van der Waals surface area contributed by atoms with Gasteiger partial charge in [0.1, 0.15) is 42.3 Å². The maximum absolute atomic E-state index is 12.8. The Labute approximate surface area is 278 Å². The first-order chi connectivity index (χ1) is 22.6. The molecule has 0 bridgehead atoms. The van der Waals surface area contributed by atoms with Crippen LogP contribution >= 0.6 is 0 Å². The summed E-state index contributed by atoms with van der Waals surface area (Å²) in [6, 6.07) is -12.3. The van der Waals surface area contributed by atoms with E-state index in [1.165, 1.54) is 6.92 Å². The van der Waals surface area contributed by atoms with Crippen LogP contribution < -0.4 is 43.0 Å². The predicted octanol–water partition coefficient (Wildman–Crippen LogP) is -7.19. The highest BCUT2D eigenvalue weighted by atomic mass is 16.4. The van der Waals surface area contributed by atoms with Crippen LogP contribution in [0.4, 0.5) is 0 Å². The second kappa shape index (κ2) is 20.7. The van der Waals surface area contributed by atoms with Gasteiger partial charge in [0.2, 0.25) is 41.4 Å². The van der Waals surface area contributed by atoms with Crippen LogP contribution in [0.3, 0.4) is 0 Å². The van der Waals surface area contributed by atoms with E-state index in [1.54, 1.807) is 0 Å². The minimum Gasteiger partial charge on any atom is -0.481 e. The average Bonchev–Trinajstić information content (AvgIpc) is 3.00. The fourth-order valence-corrected chi connectivity index (χ4v) is 3.46. The molecular formula is C26H42N8O15. The third kappa shape index (κ3) is 15.8. The number of carbonyl (C=O) groups is 10. The van der Waals surface area contributed by atoms with Crippen molar-refractivity contribution in [1.82, 2.24) is 37.2 Å². The molecule has 0 aromatic rings. The highest BCUT2D eigenvalue weighted by Crippen LogP contribution is 1.99. The molecule has 49 heavy (non-hydrogen) atoms. The summed E-state index contributed by atoms with van der Waals surface area (Å²) in [6.45, 7) is 2.57. The summed E-state index contributed by atoms with van der Waals surface area (Å²) in [5.74, 6) is -11.9. The zero-order valence-corrected chi connectivity index (χ0v) is 26.8. The number of carboxylic acids is 3. The zero-order chi connectivity index (χ0) is 38.2. The molecule has 7 amide bonds. The van der Waals surface area contributed by atoms with Gasteiger partial charge in [-0.3, -0.25) is 47.9 Å². The van der Waals surface area contributed by atoms with E-state index in [0.717, 1.165) is 20.8 Å². The van der Waals surface area contributed by atoms with Crippen LogP contribution in [0, 0.1) is 0 Å². The number of amides is 7. The van der Waals surface area contributed by atoms with Crippen molar-refractivity contribution in [3.05, 3.63) is 0 Å². The third-order valence-electron chi connectivity index (χ3n) is 6.36. The summed E-state index contributed by atoms with van der Waals surface area (Å²) in [5.41, 5.74) is 5.42. The van der Waals surface area contributed by atoms with Gasteiger partial charge in [0.05, 0.1) is 32.1 Å². The summed E-state index contributed by atoms with van der Waals surface area (Å²) in [6.07, 6.45) is -1.73. The first kappa shape index (κ1) is 43.6.